The van der Waals surface area contributed by atoms with Crippen molar-refractivity contribution in [3.8, 4) is 0 Å². The van der Waals surface area contributed by atoms with E-state index >= 15 is 0 Å². The van der Waals surface area contributed by atoms with Crippen molar-refractivity contribution in [3.63, 3.8) is 0 Å². The molecule has 0 unspecified atom stereocenters. The van der Waals surface area contributed by atoms with Gasteiger partial charge in [-0.2, -0.15) is 5.10 Å². The van der Waals surface area contributed by atoms with Gasteiger partial charge in [0.1, 0.15) is 0 Å². The molecule has 0 bridgehead atoms. The first-order valence-electron chi connectivity index (χ1n) is 8.16. The van der Waals surface area contributed by atoms with Gasteiger partial charge in [-0.3, -0.25) is 14.5 Å². The van der Waals surface area contributed by atoms with Gasteiger partial charge in [0.2, 0.25) is 5.91 Å². The highest BCUT2D eigenvalue weighted by Gasteiger charge is 2.15. The minimum Gasteiger partial charge on any atom is -0.355 e. The van der Waals surface area contributed by atoms with E-state index in [2.05, 4.69) is 29.2 Å². The quantitative estimate of drug-likeness (QED) is 0.854. The van der Waals surface area contributed by atoms with Crippen molar-refractivity contribution in [1.29, 1.82) is 0 Å². The van der Waals surface area contributed by atoms with Gasteiger partial charge in [-0.15, -0.1) is 0 Å². The second-order valence-corrected chi connectivity index (χ2v) is 6.36. The molecule has 5 nitrogen and oxygen atoms in total. The summed E-state index contributed by atoms with van der Waals surface area (Å²) in [7, 11) is 0. The molecule has 2 heterocycles. The van der Waals surface area contributed by atoms with Crippen LogP contribution in [0.1, 0.15) is 36.4 Å². The van der Waals surface area contributed by atoms with Crippen LogP contribution in [-0.2, 0) is 24.2 Å². The minimum atomic E-state index is 0.0455. The number of aryl methyl sites for hydroxylation is 1. The van der Waals surface area contributed by atoms with Gasteiger partial charge in [0.05, 0.1) is 12.1 Å². The Morgan fingerprint density at radius 1 is 1.35 bits per heavy atom. The zero-order valence-electron chi connectivity index (χ0n) is 14.5. The van der Waals surface area contributed by atoms with E-state index in [0.29, 0.717) is 18.9 Å². The lowest BCUT2D eigenvalue weighted by molar-refractivity contribution is -0.120. The van der Waals surface area contributed by atoms with Gasteiger partial charge in [-0.25, -0.2) is 0 Å². The zero-order valence-corrected chi connectivity index (χ0v) is 14.5. The van der Waals surface area contributed by atoms with Gasteiger partial charge in [0.15, 0.2) is 0 Å². The van der Waals surface area contributed by atoms with Gasteiger partial charge < -0.3 is 5.32 Å². The van der Waals surface area contributed by atoms with Crippen molar-refractivity contribution >= 4 is 5.91 Å². The number of aromatic nitrogens is 3. The van der Waals surface area contributed by atoms with E-state index in [1.54, 1.807) is 6.20 Å². The average molecular weight is 314 g/mol. The highest BCUT2D eigenvalue weighted by atomic mass is 16.1. The predicted octanol–water partition coefficient (Wildman–Crippen LogP) is 2.45. The van der Waals surface area contributed by atoms with Crippen LogP contribution in [0.5, 0.6) is 0 Å². The standard InChI is InChI=1S/C18H26N4O/c1-13(2)12-22-15(4)17(14(3)21-22)10-18(23)20-9-7-16-6-5-8-19-11-16/h5-6,8,11,13H,7,9-10,12H2,1-4H3,(H,20,23). The molecule has 23 heavy (non-hydrogen) atoms. The summed E-state index contributed by atoms with van der Waals surface area (Å²) in [4.78, 5) is 16.3. The zero-order chi connectivity index (χ0) is 16.8. The highest BCUT2D eigenvalue weighted by Crippen LogP contribution is 2.15. The molecule has 2 aromatic rings. The molecular formula is C18H26N4O. The topological polar surface area (TPSA) is 59.8 Å². The van der Waals surface area contributed by atoms with Crippen LogP contribution < -0.4 is 5.32 Å². The molecule has 1 amide bonds. The number of rotatable bonds is 7. The van der Waals surface area contributed by atoms with Crippen LogP contribution >= 0.6 is 0 Å². The second-order valence-electron chi connectivity index (χ2n) is 6.36. The number of hydrogen-bond acceptors (Lipinski definition) is 3. The molecule has 2 rings (SSSR count). The SMILES string of the molecule is Cc1nn(CC(C)C)c(C)c1CC(=O)NCCc1cccnc1. The van der Waals surface area contributed by atoms with Crippen LogP contribution in [0.25, 0.3) is 0 Å². The Labute approximate surface area is 138 Å². The summed E-state index contributed by atoms with van der Waals surface area (Å²) < 4.78 is 2.01. The van der Waals surface area contributed by atoms with Crippen molar-refractivity contribution in [2.45, 2.75) is 47.1 Å². The first kappa shape index (κ1) is 17.2. The van der Waals surface area contributed by atoms with Gasteiger partial charge in [-0.05, 0) is 37.8 Å². The molecular weight excluding hydrogens is 288 g/mol. The molecule has 124 valence electrons. The molecule has 0 aliphatic carbocycles. The summed E-state index contributed by atoms with van der Waals surface area (Å²) in [6.07, 6.45) is 4.77. The molecule has 0 aliphatic heterocycles. The molecule has 5 heteroatoms. The summed E-state index contributed by atoms with van der Waals surface area (Å²) in [5.74, 6) is 0.582. The normalized spacial score (nSPS) is 11.0. The fourth-order valence-corrected chi connectivity index (χ4v) is 2.63. The van der Waals surface area contributed by atoms with Crippen molar-refractivity contribution in [3.05, 3.63) is 47.0 Å². The van der Waals surface area contributed by atoms with E-state index in [9.17, 15) is 4.79 Å². The number of pyridine rings is 1. The van der Waals surface area contributed by atoms with Crippen LogP contribution in [0.15, 0.2) is 24.5 Å². The van der Waals surface area contributed by atoms with Gasteiger partial charge in [0, 0.05) is 36.7 Å². The third-order valence-electron chi connectivity index (χ3n) is 3.87. The summed E-state index contributed by atoms with van der Waals surface area (Å²) in [5, 5.41) is 7.54. The number of nitrogens with one attached hydrogen (secondary N) is 1. The lowest BCUT2D eigenvalue weighted by Crippen LogP contribution is -2.27. The molecule has 1 N–H and O–H groups in total. The Morgan fingerprint density at radius 2 is 2.13 bits per heavy atom. The lowest BCUT2D eigenvalue weighted by atomic mass is 10.1. The average Bonchev–Trinajstić information content (AvgIpc) is 2.75. The van der Waals surface area contributed by atoms with E-state index in [-0.39, 0.29) is 5.91 Å². The van der Waals surface area contributed by atoms with Crippen LogP contribution in [0.4, 0.5) is 0 Å². The van der Waals surface area contributed by atoms with Crippen molar-refractivity contribution in [2.24, 2.45) is 5.92 Å². The number of carbonyl (C=O) groups excluding carboxylic acids is 1. The number of hydrogen-bond donors (Lipinski definition) is 1. The van der Waals surface area contributed by atoms with Crippen molar-refractivity contribution in [1.82, 2.24) is 20.1 Å². The summed E-state index contributed by atoms with van der Waals surface area (Å²) in [6.45, 7) is 9.86. The van der Waals surface area contributed by atoms with Gasteiger partial charge in [0.25, 0.3) is 0 Å². The molecule has 0 saturated heterocycles. The first-order chi connectivity index (χ1) is 11.0. The highest BCUT2D eigenvalue weighted by molar-refractivity contribution is 5.79. The maximum Gasteiger partial charge on any atom is 0.224 e. The number of amides is 1. The van der Waals surface area contributed by atoms with Crippen LogP contribution in [0, 0.1) is 19.8 Å². The van der Waals surface area contributed by atoms with Crippen LogP contribution in [0.2, 0.25) is 0 Å². The third-order valence-corrected chi connectivity index (χ3v) is 3.87. The van der Waals surface area contributed by atoms with E-state index < -0.39 is 0 Å². The van der Waals surface area contributed by atoms with Crippen LogP contribution in [-0.4, -0.2) is 27.2 Å². The predicted molar refractivity (Wildman–Crippen MR) is 91.2 cm³/mol. The Balaban J connectivity index is 1.89. The Kier molecular flexibility index (Phi) is 5.90. The van der Waals surface area contributed by atoms with Crippen molar-refractivity contribution in [2.75, 3.05) is 6.54 Å². The third kappa shape index (κ3) is 4.91. The van der Waals surface area contributed by atoms with E-state index in [1.165, 1.54) is 0 Å². The Hall–Kier alpha value is -2.17. The number of carbonyl (C=O) groups is 1. The maximum atomic E-state index is 12.2. The summed E-state index contributed by atoms with van der Waals surface area (Å²) >= 11 is 0. The Bertz CT molecular complexity index is 647. The molecule has 0 fully saturated rings. The van der Waals surface area contributed by atoms with E-state index in [4.69, 9.17) is 0 Å². The molecule has 2 aromatic heterocycles. The van der Waals surface area contributed by atoms with E-state index in [0.717, 1.165) is 35.5 Å². The Morgan fingerprint density at radius 3 is 2.78 bits per heavy atom. The van der Waals surface area contributed by atoms with Crippen LogP contribution in [0.3, 0.4) is 0 Å². The molecule has 0 radical (unpaired) electrons. The first-order valence-corrected chi connectivity index (χ1v) is 8.16. The largest absolute Gasteiger partial charge is 0.355 e. The molecule has 0 spiro atoms. The van der Waals surface area contributed by atoms with Gasteiger partial charge in [-0.1, -0.05) is 19.9 Å². The molecule has 0 aromatic carbocycles. The lowest BCUT2D eigenvalue weighted by Gasteiger charge is -2.08. The summed E-state index contributed by atoms with van der Waals surface area (Å²) in [5.41, 5.74) is 4.22. The van der Waals surface area contributed by atoms with Gasteiger partial charge >= 0.3 is 0 Å². The smallest absolute Gasteiger partial charge is 0.224 e. The summed E-state index contributed by atoms with van der Waals surface area (Å²) in [6, 6.07) is 3.93. The van der Waals surface area contributed by atoms with E-state index in [1.807, 2.05) is 36.9 Å². The van der Waals surface area contributed by atoms with Crippen molar-refractivity contribution < 1.29 is 4.79 Å². The molecule has 0 atom stereocenters. The fraction of sp³-hybridized carbons (Fsp3) is 0.500. The maximum absolute atomic E-state index is 12.2. The monoisotopic (exact) mass is 314 g/mol. The number of nitrogens with zero attached hydrogens (tertiary/aromatic N) is 3. The second kappa shape index (κ2) is 7.90. The fourth-order valence-electron chi connectivity index (χ4n) is 2.63. The minimum absolute atomic E-state index is 0.0455. The molecule has 0 aliphatic rings. The molecule has 0 saturated carbocycles.